The summed E-state index contributed by atoms with van der Waals surface area (Å²) in [5.74, 6) is 1.98. The minimum atomic E-state index is 0.573. The first-order chi connectivity index (χ1) is 9.25. The van der Waals surface area contributed by atoms with Crippen LogP contribution in [0.5, 0.6) is 0 Å². The van der Waals surface area contributed by atoms with Crippen molar-refractivity contribution in [3.05, 3.63) is 28.3 Å². The highest BCUT2D eigenvalue weighted by Gasteiger charge is 2.33. The summed E-state index contributed by atoms with van der Waals surface area (Å²) in [7, 11) is 0. The Morgan fingerprint density at radius 2 is 1.70 bits per heavy atom. The van der Waals surface area contributed by atoms with Crippen LogP contribution < -0.4 is 4.90 Å². The van der Waals surface area contributed by atoms with E-state index in [1.165, 1.54) is 23.2 Å². The van der Waals surface area contributed by atoms with Crippen LogP contribution in [-0.4, -0.2) is 12.6 Å². The first-order valence-electron chi connectivity index (χ1n) is 8.16. The number of anilines is 1. The van der Waals surface area contributed by atoms with Crippen LogP contribution in [0.3, 0.4) is 0 Å². The molecule has 112 valence electrons. The van der Waals surface area contributed by atoms with Gasteiger partial charge in [0, 0.05) is 18.3 Å². The largest absolute Gasteiger partial charge is 0.368 e. The fourth-order valence-electron chi connectivity index (χ4n) is 3.59. The van der Waals surface area contributed by atoms with Crippen LogP contribution in [0, 0.1) is 19.8 Å². The monoisotopic (exact) mass is 273 g/mol. The van der Waals surface area contributed by atoms with Gasteiger partial charge >= 0.3 is 0 Å². The molecule has 0 unspecified atom stereocenters. The number of rotatable bonds is 2. The zero-order valence-electron chi connectivity index (χ0n) is 14.5. The molecule has 1 aromatic carbocycles. The highest BCUT2D eigenvalue weighted by atomic mass is 15.2. The molecule has 0 fully saturated rings. The van der Waals surface area contributed by atoms with Crippen LogP contribution >= 0.6 is 0 Å². The molecule has 0 N–H and O–H groups in total. The molecule has 1 aliphatic heterocycles. The van der Waals surface area contributed by atoms with Gasteiger partial charge in [-0.2, -0.15) is 0 Å². The van der Waals surface area contributed by atoms with Gasteiger partial charge in [-0.05, 0) is 67.7 Å². The fourth-order valence-corrected chi connectivity index (χ4v) is 3.59. The maximum absolute atomic E-state index is 2.64. The third-order valence-electron chi connectivity index (χ3n) is 5.22. The van der Waals surface area contributed by atoms with Gasteiger partial charge in [-0.15, -0.1) is 0 Å². The Labute approximate surface area is 125 Å². The lowest BCUT2D eigenvalue weighted by molar-refractivity contribution is 0.436. The number of fused-ring (bicyclic) bond motifs is 1. The van der Waals surface area contributed by atoms with Crippen molar-refractivity contribution < 1.29 is 0 Å². The molecule has 1 heteroatoms. The molecule has 0 aliphatic carbocycles. The SMILES string of the molecule is Cc1cc(C(C)C)c2c(c1C)[C@H](C)[C@H](C)CN2C(C)C. The van der Waals surface area contributed by atoms with E-state index in [4.69, 9.17) is 0 Å². The molecule has 1 aliphatic rings. The molecule has 0 amide bonds. The van der Waals surface area contributed by atoms with Crippen LogP contribution in [0.1, 0.15) is 75.6 Å². The maximum atomic E-state index is 2.64. The van der Waals surface area contributed by atoms with Crippen LogP contribution in [0.25, 0.3) is 0 Å². The Bertz CT molecular complexity index is 499. The van der Waals surface area contributed by atoms with Crippen LogP contribution in [-0.2, 0) is 0 Å². The van der Waals surface area contributed by atoms with Crippen molar-refractivity contribution in [2.75, 3.05) is 11.4 Å². The third kappa shape index (κ3) is 2.36. The minimum absolute atomic E-state index is 0.573. The lowest BCUT2D eigenvalue weighted by atomic mass is 9.77. The average molecular weight is 273 g/mol. The van der Waals surface area contributed by atoms with E-state index < -0.39 is 0 Å². The van der Waals surface area contributed by atoms with E-state index in [0.717, 1.165) is 5.92 Å². The van der Waals surface area contributed by atoms with Crippen LogP contribution in [0.4, 0.5) is 5.69 Å². The van der Waals surface area contributed by atoms with Crippen LogP contribution in [0.2, 0.25) is 0 Å². The molecule has 1 heterocycles. The molecule has 0 spiro atoms. The highest BCUT2D eigenvalue weighted by Crippen LogP contribution is 2.46. The highest BCUT2D eigenvalue weighted by molar-refractivity contribution is 5.68. The lowest BCUT2D eigenvalue weighted by Gasteiger charge is -2.44. The first-order valence-corrected chi connectivity index (χ1v) is 8.16. The maximum Gasteiger partial charge on any atom is 0.0442 e. The van der Waals surface area contributed by atoms with Crippen molar-refractivity contribution in [3.63, 3.8) is 0 Å². The normalized spacial score (nSPS) is 22.6. The van der Waals surface area contributed by atoms with Gasteiger partial charge in [-0.25, -0.2) is 0 Å². The lowest BCUT2D eigenvalue weighted by Crippen LogP contribution is -2.41. The van der Waals surface area contributed by atoms with Gasteiger partial charge in [-0.1, -0.05) is 33.8 Å². The Morgan fingerprint density at radius 1 is 1.10 bits per heavy atom. The van der Waals surface area contributed by atoms with E-state index >= 15 is 0 Å². The second-order valence-electron chi connectivity index (χ2n) is 7.34. The van der Waals surface area contributed by atoms with Crippen molar-refractivity contribution in [1.29, 1.82) is 0 Å². The summed E-state index contributed by atoms with van der Waals surface area (Å²) in [4.78, 5) is 2.64. The van der Waals surface area contributed by atoms with E-state index in [2.05, 4.69) is 66.4 Å². The Morgan fingerprint density at radius 3 is 2.20 bits per heavy atom. The number of hydrogen-bond donors (Lipinski definition) is 0. The number of benzene rings is 1. The number of nitrogens with zero attached hydrogens (tertiary/aromatic N) is 1. The Hall–Kier alpha value is -0.980. The predicted molar refractivity (Wildman–Crippen MR) is 90.1 cm³/mol. The number of aryl methyl sites for hydroxylation is 1. The topological polar surface area (TPSA) is 3.24 Å². The second kappa shape index (κ2) is 5.42. The van der Waals surface area contributed by atoms with Gasteiger partial charge in [0.15, 0.2) is 0 Å². The Kier molecular flexibility index (Phi) is 4.18. The predicted octanol–water partition coefficient (Wildman–Crippen LogP) is 5.39. The summed E-state index contributed by atoms with van der Waals surface area (Å²) in [5.41, 5.74) is 7.66. The summed E-state index contributed by atoms with van der Waals surface area (Å²) in [6.07, 6.45) is 0. The molecule has 1 nitrogen and oxygen atoms in total. The van der Waals surface area contributed by atoms with Crippen LogP contribution in [0.15, 0.2) is 6.07 Å². The molecular formula is C19H31N. The van der Waals surface area contributed by atoms with Gasteiger partial charge in [0.1, 0.15) is 0 Å². The van der Waals surface area contributed by atoms with E-state index in [9.17, 15) is 0 Å². The molecular weight excluding hydrogens is 242 g/mol. The fraction of sp³-hybridized carbons (Fsp3) is 0.684. The van der Waals surface area contributed by atoms with Gasteiger partial charge < -0.3 is 4.90 Å². The van der Waals surface area contributed by atoms with Gasteiger partial charge in [0.2, 0.25) is 0 Å². The average Bonchev–Trinajstić information content (AvgIpc) is 2.36. The Balaban J connectivity index is 2.76. The van der Waals surface area contributed by atoms with E-state index in [1.807, 2.05) is 0 Å². The van der Waals surface area contributed by atoms with Crippen molar-refractivity contribution >= 4 is 5.69 Å². The molecule has 0 saturated heterocycles. The van der Waals surface area contributed by atoms with E-state index in [0.29, 0.717) is 17.9 Å². The van der Waals surface area contributed by atoms with Crippen molar-refractivity contribution in [1.82, 2.24) is 0 Å². The molecule has 1 aromatic rings. The summed E-state index contributed by atoms with van der Waals surface area (Å²) in [5, 5.41) is 0. The van der Waals surface area contributed by atoms with Crippen molar-refractivity contribution in [3.8, 4) is 0 Å². The zero-order valence-corrected chi connectivity index (χ0v) is 14.5. The zero-order chi connectivity index (χ0) is 15.2. The molecule has 20 heavy (non-hydrogen) atoms. The van der Waals surface area contributed by atoms with Gasteiger partial charge in [-0.3, -0.25) is 0 Å². The van der Waals surface area contributed by atoms with Crippen molar-refractivity contribution in [2.45, 2.75) is 73.3 Å². The van der Waals surface area contributed by atoms with Gasteiger partial charge in [0.05, 0.1) is 0 Å². The number of hydrogen-bond acceptors (Lipinski definition) is 1. The standard InChI is InChI=1S/C19H31N/c1-11(2)17-9-13(5)15(7)18-16(8)14(6)10-20(12(3)4)19(17)18/h9,11-12,14,16H,10H2,1-8H3/t14-,16-/m1/s1. The van der Waals surface area contributed by atoms with E-state index in [1.54, 1.807) is 11.3 Å². The van der Waals surface area contributed by atoms with Gasteiger partial charge in [0.25, 0.3) is 0 Å². The summed E-state index contributed by atoms with van der Waals surface area (Å²) < 4.78 is 0. The minimum Gasteiger partial charge on any atom is -0.368 e. The second-order valence-corrected chi connectivity index (χ2v) is 7.34. The molecule has 0 bridgehead atoms. The summed E-state index contributed by atoms with van der Waals surface area (Å²) in [6.45, 7) is 19.9. The molecule has 2 rings (SSSR count). The molecule has 0 saturated carbocycles. The summed E-state index contributed by atoms with van der Waals surface area (Å²) >= 11 is 0. The molecule has 0 radical (unpaired) electrons. The van der Waals surface area contributed by atoms with Crippen molar-refractivity contribution in [2.24, 2.45) is 5.92 Å². The van der Waals surface area contributed by atoms with E-state index in [-0.39, 0.29) is 0 Å². The third-order valence-corrected chi connectivity index (χ3v) is 5.22. The molecule has 2 atom stereocenters. The quantitative estimate of drug-likeness (QED) is 0.698. The summed E-state index contributed by atoms with van der Waals surface area (Å²) in [6, 6.07) is 3.00. The first kappa shape index (κ1) is 15.4. The smallest absolute Gasteiger partial charge is 0.0442 e. The molecule has 0 aromatic heterocycles.